The number of rotatable bonds is 2. The molecule has 0 saturated heterocycles. The summed E-state index contributed by atoms with van der Waals surface area (Å²) in [6, 6.07) is 0. The van der Waals surface area contributed by atoms with Crippen molar-refractivity contribution < 1.29 is 12.3 Å². The Kier molecular flexibility index (Phi) is 1.50. The standard InChI is InChI=1S/C5H9FO2S/c1-2-4-3-5(4)9(6,7)8/h4-5H,2-3H2,1H3. The molecule has 2 unspecified atom stereocenters. The van der Waals surface area contributed by atoms with Gasteiger partial charge in [0.15, 0.2) is 0 Å². The molecule has 1 aliphatic rings. The van der Waals surface area contributed by atoms with Gasteiger partial charge < -0.3 is 0 Å². The van der Waals surface area contributed by atoms with Gasteiger partial charge >= 0.3 is 10.2 Å². The highest BCUT2D eigenvalue weighted by Crippen LogP contribution is 2.40. The van der Waals surface area contributed by atoms with E-state index in [0.717, 1.165) is 6.42 Å². The Hall–Kier alpha value is -0.120. The number of halogens is 1. The zero-order valence-corrected chi connectivity index (χ0v) is 5.99. The molecule has 0 aliphatic heterocycles. The molecule has 0 bridgehead atoms. The van der Waals surface area contributed by atoms with E-state index in [1.807, 2.05) is 6.92 Å². The van der Waals surface area contributed by atoms with Crippen LogP contribution in [-0.2, 0) is 10.2 Å². The molecule has 0 N–H and O–H groups in total. The van der Waals surface area contributed by atoms with Gasteiger partial charge in [-0.2, -0.15) is 8.42 Å². The second-order valence-corrected chi connectivity index (χ2v) is 3.97. The second-order valence-electron chi connectivity index (χ2n) is 2.42. The average Bonchev–Trinajstić information content (AvgIpc) is 2.39. The molecule has 0 aromatic rings. The molecule has 9 heavy (non-hydrogen) atoms. The van der Waals surface area contributed by atoms with Gasteiger partial charge in [0.25, 0.3) is 0 Å². The zero-order chi connectivity index (χ0) is 7.07. The molecule has 1 fully saturated rings. The summed E-state index contributed by atoms with van der Waals surface area (Å²) in [5.41, 5.74) is 0. The van der Waals surface area contributed by atoms with E-state index < -0.39 is 15.5 Å². The summed E-state index contributed by atoms with van der Waals surface area (Å²) in [6.07, 6.45) is 1.29. The van der Waals surface area contributed by atoms with E-state index in [1.54, 1.807) is 0 Å². The molecule has 0 aromatic heterocycles. The molecule has 2 atom stereocenters. The maximum absolute atomic E-state index is 12.0. The predicted octanol–water partition coefficient (Wildman–Crippen LogP) is 1.08. The maximum Gasteiger partial charge on any atom is 0.305 e. The quantitative estimate of drug-likeness (QED) is 0.555. The molecule has 1 rings (SSSR count). The van der Waals surface area contributed by atoms with Crippen molar-refractivity contribution in [1.82, 2.24) is 0 Å². The van der Waals surface area contributed by atoms with Gasteiger partial charge in [0, 0.05) is 0 Å². The first kappa shape index (κ1) is 6.99. The normalized spacial score (nSPS) is 34.4. The van der Waals surface area contributed by atoms with Crippen molar-refractivity contribution in [2.24, 2.45) is 5.92 Å². The second kappa shape index (κ2) is 1.94. The van der Waals surface area contributed by atoms with Crippen LogP contribution in [0.25, 0.3) is 0 Å². The Morgan fingerprint density at radius 1 is 1.67 bits per heavy atom. The Morgan fingerprint density at radius 2 is 2.22 bits per heavy atom. The molecule has 54 valence electrons. The lowest BCUT2D eigenvalue weighted by molar-refractivity contribution is 0.546. The van der Waals surface area contributed by atoms with E-state index in [1.165, 1.54) is 0 Å². The minimum absolute atomic E-state index is 0.0972. The maximum atomic E-state index is 12.0. The van der Waals surface area contributed by atoms with Gasteiger partial charge in [-0.1, -0.05) is 13.3 Å². The van der Waals surface area contributed by atoms with Crippen LogP contribution in [0.2, 0.25) is 0 Å². The van der Waals surface area contributed by atoms with E-state index >= 15 is 0 Å². The first-order valence-electron chi connectivity index (χ1n) is 2.99. The highest BCUT2D eigenvalue weighted by Gasteiger charge is 2.46. The lowest BCUT2D eigenvalue weighted by Gasteiger charge is -1.86. The van der Waals surface area contributed by atoms with E-state index in [4.69, 9.17) is 0 Å². The van der Waals surface area contributed by atoms with Crippen molar-refractivity contribution in [2.75, 3.05) is 0 Å². The van der Waals surface area contributed by atoms with E-state index in [-0.39, 0.29) is 5.92 Å². The Morgan fingerprint density at radius 3 is 2.33 bits per heavy atom. The first-order valence-corrected chi connectivity index (χ1v) is 4.44. The molecule has 1 saturated carbocycles. The van der Waals surface area contributed by atoms with Crippen molar-refractivity contribution in [1.29, 1.82) is 0 Å². The monoisotopic (exact) mass is 152 g/mol. The molecule has 0 aromatic carbocycles. The first-order chi connectivity index (χ1) is 4.05. The lowest BCUT2D eigenvalue weighted by Crippen LogP contribution is -2.00. The van der Waals surface area contributed by atoms with Gasteiger partial charge in [-0.25, -0.2) is 0 Å². The van der Waals surface area contributed by atoms with Crippen LogP contribution in [-0.4, -0.2) is 13.7 Å². The molecule has 1 aliphatic carbocycles. The molecule has 4 heteroatoms. The number of hydrogen-bond donors (Lipinski definition) is 0. The molecule has 0 spiro atoms. The van der Waals surface area contributed by atoms with Gasteiger partial charge in [-0.3, -0.25) is 0 Å². The largest absolute Gasteiger partial charge is 0.305 e. The van der Waals surface area contributed by atoms with Crippen molar-refractivity contribution in [3.63, 3.8) is 0 Å². The van der Waals surface area contributed by atoms with Crippen molar-refractivity contribution >= 4 is 10.2 Å². The van der Waals surface area contributed by atoms with Crippen LogP contribution >= 0.6 is 0 Å². The van der Waals surface area contributed by atoms with Crippen LogP contribution in [0, 0.1) is 5.92 Å². The fourth-order valence-electron chi connectivity index (χ4n) is 0.994. The minimum atomic E-state index is -4.19. The SMILES string of the molecule is CCC1CC1S(=O)(=O)F. The van der Waals surface area contributed by atoms with Crippen LogP contribution in [0.1, 0.15) is 19.8 Å². The third kappa shape index (κ3) is 1.41. The summed E-state index contributed by atoms with van der Waals surface area (Å²) in [5, 5.41) is -0.664. The molecular weight excluding hydrogens is 143 g/mol. The third-order valence-corrected chi connectivity index (χ3v) is 3.04. The van der Waals surface area contributed by atoms with Crippen LogP contribution in [0.3, 0.4) is 0 Å². The highest BCUT2D eigenvalue weighted by molar-refractivity contribution is 7.87. The van der Waals surface area contributed by atoms with Gasteiger partial charge in [0.2, 0.25) is 0 Å². The van der Waals surface area contributed by atoms with Crippen LogP contribution in [0.15, 0.2) is 0 Å². The molecule has 0 heterocycles. The molecule has 0 radical (unpaired) electrons. The smallest absolute Gasteiger partial charge is 0.195 e. The number of hydrogen-bond acceptors (Lipinski definition) is 2. The Balaban J connectivity index is 2.53. The summed E-state index contributed by atoms with van der Waals surface area (Å²) in [5.74, 6) is 0.0972. The minimum Gasteiger partial charge on any atom is -0.195 e. The molecule has 0 amide bonds. The predicted molar refractivity (Wildman–Crippen MR) is 32.2 cm³/mol. The Labute approximate surface area is 54.3 Å². The lowest BCUT2D eigenvalue weighted by atomic mass is 10.3. The fraction of sp³-hybridized carbons (Fsp3) is 1.00. The van der Waals surface area contributed by atoms with Gasteiger partial charge in [0.1, 0.15) is 0 Å². The summed E-state index contributed by atoms with van der Waals surface area (Å²) in [4.78, 5) is 0. The van der Waals surface area contributed by atoms with Crippen molar-refractivity contribution in [2.45, 2.75) is 25.0 Å². The molecule has 2 nitrogen and oxygen atoms in total. The van der Waals surface area contributed by atoms with E-state index in [2.05, 4.69) is 0 Å². The fourth-order valence-corrected chi connectivity index (χ4v) is 2.12. The van der Waals surface area contributed by atoms with E-state index in [9.17, 15) is 12.3 Å². The highest BCUT2D eigenvalue weighted by atomic mass is 32.3. The van der Waals surface area contributed by atoms with Gasteiger partial charge in [-0.05, 0) is 12.3 Å². The van der Waals surface area contributed by atoms with Crippen LogP contribution in [0.5, 0.6) is 0 Å². The molecular formula is C5H9FO2S. The summed E-state index contributed by atoms with van der Waals surface area (Å²) in [6.45, 7) is 1.87. The van der Waals surface area contributed by atoms with Gasteiger partial charge in [0.05, 0.1) is 5.25 Å². The average molecular weight is 152 g/mol. The summed E-state index contributed by atoms with van der Waals surface area (Å²) < 4.78 is 32.2. The van der Waals surface area contributed by atoms with Crippen LogP contribution in [0.4, 0.5) is 3.89 Å². The van der Waals surface area contributed by atoms with Gasteiger partial charge in [-0.15, -0.1) is 3.89 Å². The van der Waals surface area contributed by atoms with Crippen molar-refractivity contribution in [3.8, 4) is 0 Å². The summed E-state index contributed by atoms with van der Waals surface area (Å²) >= 11 is 0. The van der Waals surface area contributed by atoms with Crippen LogP contribution < -0.4 is 0 Å². The summed E-state index contributed by atoms with van der Waals surface area (Å²) in [7, 11) is -4.19. The Bertz CT molecular complexity index is 197. The third-order valence-electron chi connectivity index (χ3n) is 1.74. The zero-order valence-electron chi connectivity index (χ0n) is 5.17. The van der Waals surface area contributed by atoms with Crippen molar-refractivity contribution in [3.05, 3.63) is 0 Å². The van der Waals surface area contributed by atoms with E-state index in [0.29, 0.717) is 6.42 Å². The topological polar surface area (TPSA) is 34.1 Å².